The van der Waals surface area contributed by atoms with Crippen molar-refractivity contribution in [1.29, 1.82) is 0 Å². The van der Waals surface area contributed by atoms with Crippen LogP contribution in [0.2, 0.25) is 5.02 Å². The molecule has 0 saturated heterocycles. The first-order valence-corrected chi connectivity index (χ1v) is 7.90. The first kappa shape index (κ1) is 15.5. The quantitative estimate of drug-likeness (QED) is 0.636. The van der Waals surface area contributed by atoms with E-state index in [1.807, 2.05) is 0 Å². The normalized spacial score (nSPS) is 11.2. The Labute approximate surface area is 128 Å². The van der Waals surface area contributed by atoms with Crippen molar-refractivity contribution >= 4 is 27.5 Å². The fourth-order valence-electron chi connectivity index (χ4n) is 1.71. The van der Waals surface area contributed by atoms with Gasteiger partial charge in [-0.15, -0.1) is 0 Å². The van der Waals surface area contributed by atoms with Crippen LogP contribution in [0.5, 0.6) is 5.75 Å². The van der Waals surface area contributed by atoms with Crippen molar-refractivity contribution in [3.8, 4) is 5.75 Å². The molecule has 110 valence electrons. The van der Waals surface area contributed by atoms with Crippen LogP contribution in [0.25, 0.3) is 0 Å². The average Bonchev–Trinajstić information content (AvgIpc) is 2.41. The Hall–Kier alpha value is -1.85. The van der Waals surface area contributed by atoms with E-state index in [0.717, 1.165) is 0 Å². The molecule has 0 aliphatic carbocycles. The van der Waals surface area contributed by atoms with Crippen LogP contribution in [0.1, 0.15) is 22.8 Å². The maximum Gasteiger partial charge on any atom is 0.339 e. The molecule has 0 aliphatic rings. The molecule has 0 radical (unpaired) electrons. The van der Waals surface area contributed by atoms with Crippen LogP contribution in [-0.2, 0) is 10.1 Å². The first-order chi connectivity index (χ1) is 9.79. The maximum atomic E-state index is 12.2. The van der Waals surface area contributed by atoms with E-state index in [-0.39, 0.29) is 16.4 Å². The summed E-state index contributed by atoms with van der Waals surface area (Å²) in [6.07, 6.45) is 0. The average molecular weight is 325 g/mol. The lowest BCUT2D eigenvalue weighted by atomic mass is 10.1. The molecular weight excluding hydrogens is 312 g/mol. The summed E-state index contributed by atoms with van der Waals surface area (Å²) in [7, 11) is -3.96. The summed E-state index contributed by atoms with van der Waals surface area (Å²) in [5.74, 6) is -0.0736. The van der Waals surface area contributed by atoms with Crippen LogP contribution in [0.3, 0.4) is 0 Å². The molecule has 0 aromatic heterocycles. The zero-order chi connectivity index (χ0) is 15.6. The number of carbonyl (C=O) groups excluding carboxylic acids is 1. The van der Waals surface area contributed by atoms with Crippen LogP contribution >= 0.6 is 11.6 Å². The van der Waals surface area contributed by atoms with Gasteiger partial charge in [-0.05, 0) is 49.7 Å². The van der Waals surface area contributed by atoms with E-state index in [0.29, 0.717) is 16.1 Å². The Bertz CT molecular complexity index is 797. The predicted octanol–water partition coefficient (Wildman–Crippen LogP) is 3.62. The van der Waals surface area contributed by atoms with Gasteiger partial charge in [-0.2, -0.15) is 8.42 Å². The molecule has 2 aromatic rings. The smallest absolute Gasteiger partial charge is 0.339 e. The van der Waals surface area contributed by atoms with Gasteiger partial charge in [-0.3, -0.25) is 4.79 Å². The standard InChI is InChI=1S/C15H13ClO4S/c1-10-8-14(6-7-15(10)16)21(18,19)20-13-5-3-4-12(9-13)11(2)17/h3-9H,1-2H3. The van der Waals surface area contributed by atoms with Gasteiger partial charge in [0.2, 0.25) is 0 Å². The summed E-state index contributed by atoms with van der Waals surface area (Å²) in [5.41, 5.74) is 1.02. The van der Waals surface area contributed by atoms with Gasteiger partial charge in [0.25, 0.3) is 0 Å². The van der Waals surface area contributed by atoms with Crippen molar-refractivity contribution < 1.29 is 17.4 Å². The number of aryl methyl sites for hydroxylation is 1. The number of rotatable bonds is 4. The summed E-state index contributed by atoms with van der Waals surface area (Å²) >= 11 is 5.87. The molecule has 0 bridgehead atoms. The van der Waals surface area contributed by atoms with Gasteiger partial charge in [-0.1, -0.05) is 23.7 Å². The third kappa shape index (κ3) is 3.62. The fourth-order valence-corrected chi connectivity index (χ4v) is 2.84. The summed E-state index contributed by atoms with van der Waals surface area (Å²) in [6, 6.07) is 10.3. The van der Waals surface area contributed by atoms with Gasteiger partial charge in [0, 0.05) is 10.6 Å². The number of hydrogen-bond donors (Lipinski definition) is 0. The molecule has 21 heavy (non-hydrogen) atoms. The molecule has 0 fully saturated rings. The zero-order valence-electron chi connectivity index (χ0n) is 11.5. The highest BCUT2D eigenvalue weighted by Gasteiger charge is 2.18. The molecule has 0 N–H and O–H groups in total. The number of Topliss-reactive ketones (excluding diaryl/α,β-unsaturated/α-hetero) is 1. The van der Waals surface area contributed by atoms with Crippen LogP contribution in [0, 0.1) is 6.92 Å². The van der Waals surface area contributed by atoms with Crippen molar-refractivity contribution in [2.24, 2.45) is 0 Å². The Kier molecular flexibility index (Phi) is 4.34. The third-order valence-corrected chi connectivity index (χ3v) is 4.53. The number of carbonyl (C=O) groups is 1. The first-order valence-electron chi connectivity index (χ1n) is 6.11. The van der Waals surface area contributed by atoms with Crippen molar-refractivity contribution in [2.45, 2.75) is 18.7 Å². The van der Waals surface area contributed by atoms with Crippen LogP contribution < -0.4 is 4.18 Å². The topological polar surface area (TPSA) is 60.4 Å². The van der Waals surface area contributed by atoms with Gasteiger partial charge in [0.05, 0.1) is 0 Å². The number of halogens is 1. The predicted molar refractivity (Wildman–Crippen MR) is 80.4 cm³/mol. The summed E-state index contributed by atoms with van der Waals surface area (Å²) in [6.45, 7) is 3.11. The number of ketones is 1. The van der Waals surface area contributed by atoms with Crippen molar-refractivity contribution in [3.05, 3.63) is 58.6 Å². The second kappa shape index (κ2) is 5.87. The number of hydrogen-bond acceptors (Lipinski definition) is 4. The highest BCUT2D eigenvalue weighted by molar-refractivity contribution is 7.87. The molecule has 0 aliphatic heterocycles. The minimum atomic E-state index is -3.96. The van der Waals surface area contributed by atoms with E-state index in [4.69, 9.17) is 15.8 Å². The van der Waals surface area contributed by atoms with Gasteiger partial charge in [-0.25, -0.2) is 0 Å². The van der Waals surface area contributed by atoms with E-state index < -0.39 is 10.1 Å². The molecule has 2 rings (SSSR count). The molecule has 0 unspecified atom stereocenters. The third-order valence-electron chi connectivity index (χ3n) is 2.86. The van der Waals surface area contributed by atoms with Gasteiger partial charge in [0.1, 0.15) is 10.6 Å². The Morgan fingerprint density at radius 2 is 1.86 bits per heavy atom. The van der Waals surface area contributed by atoms with Crippen LogP contribution in [-0.4, -0.2) is 14.2 Å². The highest BCUT2D eigenvalue weighted by atomic mass is 35.5. The fraction of sp³-hybridized carbons (Fsp3) is 0.133. The number of benzene rings is 2. The van der Waals surface area contributed by atoms with Crippen molar-refractivity contribution in [3.63, 3.8) is 0 Å². The summed E-state index contributed by atoms with van der Waals surface area (Å²) < 4.78 is 29.4. The zero-order valence-corrected chi connectivity index (χ0v) is 13.0. The van der Waals surface area contributed by atoms with Gasteiger partial charge < -0.3 is 4.18 Å². The Morgan fingerprint density at radius 3 is 2.48 bits per heavy atom. The maximum absolute atomic E-state index is 12.2. The molecule has 0 amide bonds. The minimum Gasteiger partial charge on any atom is -0.379 e. The van der Waals surface area contributed by atoms with E-state index in [1.54, 1.807) is 19.1 Å². The van der Waals surface area contributed by atoms with E-state index in [1.165, 1.54) is 37.3 Å². The molecular formula is C15H13ClO4S. The minimum absolute atomic E-state index is 0.0117. The molecule has 0 atom stereocenters. The molecule has 6 heteroatoms. The Morgan fingerprint density at radius 1 is 1.14 bits per heavy atom. The lowest BCUT2D eigenvalue weighted by molar-refractivity contribution is 0.101. The second-order valence-corrected chi connectivity index (χ2v) is 6.49. The lowest BCUT2D eigenvalue weighted by Crippen LogP contribution is -2.10. The molecule has 2 aromatic carbocycles. The van der Waals surface area contributed by atoms with Crippen molar-refractivity contribution in [1.82, 2.24) is 0 Å². The van der Waals surface area contributed by atoms with Gasteiger partial charge in [0.15, 0.2) is 5.78 Å². The Balaban J connectivity index is 2.35. The van der Waals surface area contributed by atoms with Crippen LogP contribution in [0.4, 0.5) is 0 Å². The SMILES string of the molecule is CC(=O)c1cccc(OS(=O)(=O)c2ccc(Cl)c(C)c2)c1. The molecule has 4 nitrogen and oxygen atoms in total. The van der Waals surface area contributed by atoms with Crippen molar-refractivity contribution in [2.75, 3.05) is 0 Å². The van der Waals surface area contributed by atoms with Crippen LogP contribution in [0.15, 0.2) is 47.4 Å². The van der Waals surface area contributed by atoms with E-state index >= 15 is 0 Å². The molecule has 0 spiro atoms. The monoisotopic (exact) mass is 324 g/mol. The summed E-state index contributed by atoms with van der Waals surface area (Å²) in [5, 5.41) is 0.479. The molecule has 0 heterocycles. The van der Waals surface area contributed by atoms with Gasteiger partial charge >= 0.3 is 10.1 Å². The second-order valence-electron chi connectivity index (χ2n) is 4.53. The molecule has 0 saturated carbocycles. The largest absolute Gasteiger partial charge is 0.379 e. The van der Waals surface area contributed by atoms with E-state index in [9.17, 15) is 13.2 Å². The summed E-state index contributed by atoms with van der Waals surface area (Å²) in [4.78, 5) is 11.3. The highest BCUT2D eigenvalue weighted by Crippen LogP contribution is 2.23. The van der Waals surface area contributed by atoms with E-state index in [2.05, 4.69) is 0 Å². The lowest BCUT2D eigenvalue weighted by Gasteiger charge is -2.09.